The van der Waals surface area contributed by atoms with E-state index in [9.17, 15) is 9.18 Å². The van der Waals surface area contributed by atoms with Crippen LogP contribution < -0.4 is 15.7 Å². The number of para-hydroxylation sites is 1. The van der Waals surface area contributed by atoms with Crippen molar-refractivity contribution in [3.05, 3.63) is 88.0 Å². The highest BCUT2D eigenvalue weighted by Gasteiger charge is 2.27. The molecule has 0 radical (unpaired) electrons. The van der Waals surface area contributed by atoms with E-state index in [1.165, 1.54) is 18.5 Å². The van der Waals surface area contributed by atoms with Crippen molar-refractivity contribution in [2.45, 2.75) is 25.8 Å². The Labute approximate surface area is 177 Å². The summed E-state index contributed by atoms with van der Waals surface area (Å²) in [5.74, 6) is 1.67. The summed E-state index contributed by atoms with van der Waals surface area (Å²) < 4.78 is 20.4. The monoisotopic (exact) mass is 417 g/mol. The van der Waals surface area contributed by atoms with E-state index < -0.39 is 0 Å². The van der Waals surface area contributed by atoms with Crippen molar-refractivity contribution >= 4 is 22.6 Å². The molecular weight excluding hydrogens is 397 g/mol. The lowest BCUT2D eigenvalue weighted by Gasteiger charge is -2.29. The fourth-order valence-corrected chi connectivity index (χ4v) is 3.89. The number of benzene rings is 2. The van der Waals surface area contributed by atoms with Crippen LogP contribution in [-0.2, 0) is 6.42 Å². The first-order valence-electron chi connectivity index (χ1n) is 10.1. The number of ether oxygens (including phenoxy) is 1. The van der Waals surface area contributed by atoms with Gasteiger partial charge in [-0.2, -0.15) is 0 Å². The lowest BCUT2D eigenvalue weighted by Crippen LogP contribution is -2.28. The average molecular weight is 417 g/mol. The predicted octanol–water partition coefficient (Wildman–Crippen LogP) is 4.02. The van der Waals surface area contributed by atoms with Crippen LogP contribution in [0.2, 0.25) is 0 Å². The van der Waals surface area contributed by atoms with E-state index in [0.717, 1.165) is 22.4 Å². The average Bonchev–Trinajstić information content (AvgIpc) is 3.17. The molecule has 0 fully saturated rings. The number of rotatable bonds is 5. The molecule has 0 unspecified atom stereocenters. The molecule has 2 aromatic heterocycles. The Balaban J connectivity index is 1.61. The number of nitrogens with one attached hydrogen (secondary N) is 3. The summed E-state index contributed by atoms with van der Waals surface area (Å²) in [6.45, 7) is 2.02. The van der Waals surface area contributed by atoms with Crippen molar-refractivity contribution in [2.24, 2.45) is 0 Å². The van der Waals surface area contributed by atoms with E-state index in [1.54, 1.807) is 6.07 Å². The van der Waals surface area contributed by atoms with Crippen molar-refractivity contribution in [1.82, 2.24) is 19.9 Å². The fraction of sp³-hybridized carbons (Fsp3) is 0.174. The lowest BCUT2D eigenvalue weighted by atomic mass is 9.91. The largest absolute Gasteiger partial charge is 0.459 e. The zero-order valence-electron chi connectivity index (χ0n) is 16.8. The van der Waals surface area contributed by atoms with Crippen LogP contribution in [0.25, 0.3) is 16.7 Å². The fourth-order valence-electron chi connectivity index (χ4n) is 3.89. The van der Waals surface area contributed by atoms with Crippen molar-refractivity contribution in [3.63, 3.8) is 0 Å². The number of fused-ring (bicyclic) bond motifs is 2. The Morgan fingerprint density at radius 2 is 2.03 bits per heavy atom. The molecule has 31 heavy (non-hydrogen) atoms. The SMILES string of the molecule is CC[C@@H](Nc1ncnc2[nH]c(=O)[nH]c12)C1=C(c2cccc(F)c2)Cc2ccccc2O1. The molecular formula is C23H20FN5O2. The van der Waals surface area contributed by atoms with Crippen LogP contribution in [0, 0.1) is 5.82 Å². The summed E-state index contributed by atoms with van der Waals surface area (Å²) in [6.07, 6.45) is 2.68. The second kappa shape index (κ2) is 7.71. The molecule has 156 valence electrons. The maximum absolute atomic E-state index is 14.0. The first-order valence-corrected chi connectivity index (χ1v) is 10.1. The number of halogens is 1. The van der Waals surface area contributed by atoms with E-state index in [1.807, 2.05) is 37.3 Å². The molecule has 5 rings (SSSR count). The highest BCUT2D eigenvalue weighted by Crippen LogP contribution is 2.37. The van der Waals surface area contributed by atoms with Gasteiger partial charge in [-0.25, -0.2) is 19.2 Å². The predicted molar refractivity (Wildman–Crippen MR) is 116 cm³/mol. The van der Waals surface area contributed by atoms with Gasteiger partial charge in [0.25, 0.3) is 0 Å². The molecule has 0 saturated carbocycles. The van der Waals surface area contributed by atoms with Crippen LogP contribution in [0.15, 0.2) is 65.4 Å². The van der Waals surface area contributed by atoms with Gasteiger partial charge in [0.1, 0.15) is 29.2 Å². The van der Waals surface area contributed by atoms with Gasteiger partial charge in [-0.1, -0.05) is 37.3 Å². The van der Waals surface area contributed by atoms with Gasteiger partial charge in [-0.05, 0) is 35.7 Å². The number of hydrogen-bond acceptors (Lipinski definition) is 5. The molecule has 2 aromatic carbocycles. The maximum atomic E-state index is 14.0. The molecule has 1 atom stereocenters. The first kappa shape index (κ1) is 19.0. The Morgan fingerprint density at radius 3 is 2.87 bits per heavy atom. The molecule has 0 aliphatic carbocycles. The van der Waals surface area contributed by atoms with E-state index in [2.05, 4.69) is 25.3 Å². The highest BCUT2D eigenvalue weighted by atomic mass is 19.1. The Bertz CT molecular complexity index is 1360. The summed E-state index contributed by atoms with van der Waals surface area (Å²) in [7, 11) is 0. The zero-order valence-corrected chi connectivity index (χ0v) is 16.8. The van der Waals surface area contributed by atoms with Gasteiger partial charge >= 0.3 is 5.69 Å². The minimum absolute atomic E-state index is 0.261. The van der Waals surface area contributed by atoms with Gasteiger partial charge < -0.3 is 15.0 Å². The van der Waals surface area contributed by atoms with E-state index >= 15 is 0 Å². The van der Waals surface area contributed by atoms with Crippen LogP contribution in [0.1, 0.15) is 24.5 Å². The summed E-state index contributed by atoms with van der Waals surface area (Å²) in [5.41, 5.74) is 3.29. The van der Waals surface area contributed by atoms with E-state index in [0.29, 0.717) is 35.6 Å². The van der Waals surface area contributed by atoms with Crippen LogP contribution in [0.5, 0.6) is 5.75 Å². The van der Waals surface area contributed by atoms with Crippen molar-refractivity contribution < 1.29 is 9.13 Å². The van der Waals surface area contributed by atoms with E-state index in [4.69, 9.17) is 4.74 Å². The summed E-state index contributed by atoms with van der Waals surface area (Å²) in [4.78, 5) is 25.5. The summed E-state index contributed by atoms with van der Waals surface area (Å²) in [6, 6.07) is 14.1. The van der Waals surface area contributed by atoms with Crippen molar-refractivity contribution in [1.29, 1.82) is 0 Å². The Hall–Kier alpha value is -3.94. The second-order valence-electron chi connectivity index (χ2n) is 7.37. The summed E-state index contributed by atoms with van der Waals surface area (Å²) >= 11 is 0. The molecule has 7 nitrogen and oxygen atoms in total. The topological polar surface area (TPSA) is 95.7 Å². The highest BCUT2D eigenvalue weighted by molar-refractivity contribution is 5.83. The van der Waals surface area contributed by atoms with Crippen molar-refractivity contribution in [3.8, 4) is 5.75 Å². The molecule has 0 saturated heterocycles. The second-order valence-corrected chi connectivity index (χ2v) is 7.37. The third-order valence-corrected chi connectivity index (χ3v) is 5.38. The number of H-pyrrole nitrogens is 2. The number of anilines is 1. The standard InChI is InChI=1S/C23H20FN5O2/c1-2-17(27-21-19-22(26-12-25-21)29-23(30)28-19)20-16(13-7-5-8-15(24)10-13)11-14-6-3-4-9-18(14)31-20/h3-10,12,17H,2,11H2,1H3,(H3,25,26,27,28,29,30)/t17-/m1/s1. The smallest absolute Gasteiger partial charge is 0.325 e. The van der Waals surface area contributed by atoms with Crippen LogP contribution in [-0.4, -0.2) is 26.0 Å². The first-order chi connectivity index (χ1) is 15.1. The van der Waals surface area contributed by atoms with Crippen LogP contribution in [0.4, 0.5) is 10.2 Å². The van der Waals surface area contributed by atoms with Gasteiger partial charge in [0.15, 0.2) is 11.5 Å². The number of aromatic amines is 2. The molecule has 3 N–H and O–H groups in total. The maximum Gasteiger partial charge on any atom is 0.325 e. The minimum atomic E-state index is -0.353. The molecule has 0 spiro atoms. The van der Waals surface area contributed by atoms with E-state index in [-0.39, 0.29) is 17.5 Å². The number of imidazole rings is 1. The normalized spacial score (nSPS) is 14.3. The number of nitrogens with zero attached hydrogens (tertiary/aromatic N) is 2. The van der Waals surface area contributed by atoms with Gasteiger partial charge in [0, 0.05) is 12.0 Å². The van der Waals surface area contributed by atoms with Gasteiger partial charge in [0.2, 0.25) is 0 Å². The molecule has 3 heterocycles. The number of allylic oxidation sites excluding steroid dienone is 1. The molecule has 8 heteroatoms. The quantitative estimate of drug-likeness (QED) is 0.456. The number of hydrogen-bond donors (Lipinski definition) is 3. The third kappa shape index (κ3) is 3.56. The zero-order chi connectivity index (χ0) is 21.4. The molecule has 0 amide bonds. The van der Waals surface area contributed by atoms with Crippen LogP contribution in [0.3, 0.4) is 0 Å². The Kier molecular flexibility index (Phi) is 4.74. The molecule has 0 bridgehead atoms. The van der Waals surface area contributed by atoms with Crippen molar-refractivity contribution in [2.75, 3.05) is 5.32 Å². The number of aromatic nitrogens is 4. The summed E-state index contributed by atoms with van der Waals surface area (Å²) in [5, 5.41) is 3.38. The molecule has 1 aliphatic rings. The van der Waals surface area contributed by atoms with Gasteiger partial charge in [-0.3, -0.25) is 4.98 Å². The van der Waals surface area contributed by atoms with Crippen LogP contribution >= 0.6 is 0 Å². The minimum Gasteiger partial charge on any atom is -0.459 e. The Morgan fingerprint density at radius 1 is 1.16 bits per heavy atom. The molecule has 4 aromatic rings. The lowest BCUT2D eigenvalue weighted by molar-refractivity contribution is 0.378. The van der Waals surface area contributed by atoms with Gasteiger partial charge in [-0.15, -0.1) is 0 Å². The molecule has 1 aliphatic heterocycles. The van der Waals surface area contributed by atoms with Gasteiger partial charge in [0.05, 0.1) is 6.04 Å². The third-order valence-electron chi connectivity index (χ3n) is 5.38.